The predicted octanol–water partition coefficient (Wildman–Crippen LogP) is 2.32. The highest BCUT2D eigenvalue weighted by Gasteiger charge is 2.21. The number of thiazole rings is 1. The zero-order valence-electron chi connectivity index (χ0n) is 10.3. The third-order valence-electron chi connectivity index (χ3n) is 2.50. The van der Waals surface area contributed by atoms with E-state index >= 15 is 0 Å². The number of pyridine rings is 1. The topological polar surface area (TPSA) is 118 Å². The molecule has 1 atom stereocenters. The molecule has 2 aromatic heterocycles. The van der Waals surface area contributed by atoms with Crippen molar-refractivity contribution in [1.82, 2.24) is 9.97 Å². The fourth-order valence-corrected chi connectivity index (χ4v) is 2.22. The summed E-state index contributed by atoms with van der Waals surface area (Å²) in [6.07, 6.45) is 2.59. The largest absolute Gasteiger partial charge is 0.477 e. The highest BCUT2D eigenvalue weighted by Crippen LogP contribution is 2.24. The van der Waals surface area contributed by atoms with Gasteiger partial charge in [-0.2, -0.15) is 0 Å². The van der Waals surface area contributed by atoms with Crippen LogP contribution in [-0.2, 0) is 0 Å². The summed E-state index contributed by atoms with van der Waals surface area (Å²) >= 11 is 1.44. The molecule has 20 heavy (non-hydrogen) atoms. The molecule has 0 aromatic carbocycles. The van der Waals surface area contributed by atoms with Gasteiger partial charge in [-0.05, 0) is 6.92 Å². The Kier molecular flexibility index (Phi) is 3.89. The van der Waals surface area contributed by atoms with Crippen LogP contribution in [0.3, 0.4) is 0 Å². The van der Waals surface area contributed by atoms with Gasteiger partial charge >= 0.3 is 11.7 Å². The minimum atomic E-state index is -1.37. The van der Waals surface area contributed by atoms with Gasteiger partial charge in [0.1, 0.15) is 22.6 Å². The van der Waals surface area contributed by atoms with Crippen LogP contribution in [0.1, 0.15) is 28.3 Å². The van der Waals surface area contributed by atoms with Crippen molar-refractivity contribution in [2.45, 2.75) is 13.0 Å². The normalized spacial score (nSPS) is 11.8. The van der Waals surface area contributed by atoms with Gasteiger partial charge < -0.3 is 10.4 Å². The zero-order chi connectivity index (χ0) is 14.7. The van der Waals surface area contributed by atoms with E-state index in [-0.39, 0.29) is 11.9 Å². The number of carboxylic acids is 1. The summed E-state index contributed by atoms with van der Waals surface area (Å²) in [7, 11) is 0. The first-order valence-corrected chi connectivity index (χ1v) is 6.40. The van der Waals surface area contributed by atoms with Crippen molar-refractivity contribution >= 4 is 28.8 Å². The van der Waals surface area contributed by atoms with Crippen molar-refractivity contribution in [3.05, 3.63) is 44.5 Å². The SMILES string of the molecule is CC(Nc1cc(C(=O)O)c([N+](=O)[O-])cn1)c1nccs1. The van der Waals surface area contributed by atoms with Crippen LogP contribution in [0.4, 0.5) is 11.5 Å². The molecule has 2 rings (SSSR count). The molecule has 8 nitrogen and oxygen atoms in total. The minimum absolute atomic E-state index is 0.175. The second-order valence-electron chi connectivity index (χ2n) is 3.89. The number of rotatable bonds is 5. The lowest BCUT2D eigenvalue weighted by Crippen LogP contribution is -2.10. The maximum atomic E-state index is 11.0. The number of nitrogens with one attached hydrogen (secondary N) is 1. The van der Waals surface area contributed by atoms with Crippen LogP contribution in [0.2, 0.25) is 0 Å². The average molecular weight is 294 g/mol. The van der Waals surface area contributed by atoms with Crippen LogP contribution in [-0.4, -0.2) is 26.0 Å². The highest BCUT2D eigenvalue weighted by atomic mass is 32.1. The van der Waals surface area contributed by atoms with Gasteiger partial charge in [-0.25, -0.2) is 14.8 Å². The number of nitro groups is 1. The number of anilines is 1. The Morgan fingerprint density at radius 2 is 2.30 bits per heavy atom. The molecule has 0 saturated heterocycles. The lowest BCUT2D eigenvalue weighted by atomic mass is 10.2. The fourth-order valence-electron chi connectivity index (χ4n) is 1.58. The van der Waals surface area contributed by atoms with E-state index in [9.17, 15) is 14.9 Å². The summed E-state index contributed by atoms with van der Waals surface area (Å²) in [5, 5.41) is 25.3. The molecule has 0 aliphatic carbocycles. The Balaban J connectivity index is 2.27. The Hall–Kier alpha value is -2.55. The molecule has 2 aromatic rings. The third-order valence-corrected chi connectivity index (χ3v) is 3.45. The Bertz CT molecular complexity index is 644. The van der Waals surface area contributed by atoms with Gasteiger partial charge in [-0.15, -0.1) is 11.3 Å². The van der Waals surface area contributed by atoms with Crippen LogP contribution in [0.25, 0.3) is 0 Å². The maximum absolute atomic E-state index is 11.0. The maximum Gasteiger partial charge on any atom is 0.342 e. The van der Waals surface area contributed by atoms with Gasteiger partial charge in [0.15, 0.2) is 0 Å². The van der Waals surface area contributed by atoms with E-state index in [1.807, 2.05) is 12.3 Å². The number of hydrogen-bond acceptors (Lipinski definition) is 7. The van der Waals surface area contributed by atoms with Gasteiger partial charge in [0.2, 0.25) is 0 Å². The number of nitrogens with zero attached hydrogens (tertiary/aromatic N) is 3. The summed E-state index contributed by atoms with van der Waals surface area (Å²) in [6, 6.07) is 0.968. The Labute approximate surface area is 117 Å². The smallest absolute Gasteiger partial charge is 0.342 e. The predicted molar refractivity (Wildman–Crippen MR) is 72.0 cm³/mol. The van der Waals surface area contributed by atoms with E-state index in [0.717, 1.165) is 17.3 Å². The molecule has 2 N–H and O–H groups in total. The fraction of sp³-hybridized carbons (Fsp3) is 0.182. The molecule has 2 heterocycles. The molecular formula is C11H10N4O4S. The summed E-state index contributed by atoms with van der Waals surface area (Å²) in [5.74, 6) is -1.13. The van der Waals surface area contributed by atoms with Crippen molar-refractivity contribution < 1.29 is 14.8 Å². The van der Waals surface area contributed by atoms with Gasteiger partial charge in [-0.1, -0.05) is 0 Å². The van der Waals surface area contributed by atoms with Crippen molar-refractivity contribution in [2.75, 3.05) is 5.32 Å². The lowest BCUT2D eigenvalue weighted by molar-refractivity contribution is -0.385. The van der Waals surface area contributed by atoms with Crippen molar-refractivity contribution in [1.29, 1.82) is 0 Å². The number of aromatic nitrogens is 2. The summed E-state index contributed by atoms with van der Waals surface area (Å²) in [4.78, 5) is 28.9. The molecule has 0 saturated carbocycles. The average Bonchev–Trinajstić information content (AvgIpc) is 2.92. The Morgan fingerprint density at radius 1 is 1.55 bits per heavy atom. The molecule has 0 fully saturated rings. The van der Waals surface area contributed by atoms with Crippen molar-refractivity contribution in [2.24, 2.45) is 0 Å². The van der Waals surface area contributed by atoms with Gasteiger partial charge in [0.25, 0.3) is 0 Å². The molecule has 0 bridgehead atoms. The molecule has 0 amide bonds. The molecule has 0 aliphatic rings. The second kappa shape index (κ2) is 5.61. The molecule has 0 radical (unpaired) electrons. The molecule has 0 spiro atoms. The number of aromatic carboxylic acids is 1. The van der Waals surface area contributed by atoms with E-state index in [4.69, 9.17) is 5.11 Å². The van der Waals surface area contributed by atoms with Crippen molar-refractivity contribution in [3.63, 3.8) is 0 Å². The van der Waals surface area contributed by atoms with E-state index in [0.29, 0.717) is 0 Å². The number of hydrogen-bond donors (Lipinski definition) is 2. The molecule has 0 aliphatic heterocycles. The summed E-state index contributed by atoms with van der Waals surface area (Å²) in [5.41, 5.74) is -0.941. The molecule has 104 valence electrons. The van der Waals surface area contributed by atoms with Gasteiger partial charge in [-0.3, -0.25) is 10.1 Å². The monoisotopic (exact) mass is 294 g/mol. The summed E-state index contributed by atoms with van der Waals surface area (Å²) < 4.78 is 0. The highest BCUT2D eigenvalue weighted by molar-refractivity contribution is 7.09. The first-order valence-electron chi connectivity index (χ1n) is 5.52. The van der Waals surface area contributed by atoms with Crippen LogP contribution in [0.5, 0.6) is 0 Å². The van der Waals surface area contributed by atoms with E-state index in [1.54, 1.807) is 6.20 Å². The van der Waals surface area contributed by atoms with Crippen LogP contribution in [0, 0.1) is 10.1 Å². The quantitative estimate of drug-likeness (QED) is 0.641. The van der Waals surface area contributed by atoms with Crippen LogP contribution >= 0.6 is 11.3 Å². The summed E-state index contributed by atoms with van der Waals surface area (Å²) in [6.45, 7) is 1.84. The van der Waals surface area contributed by atoms with Crippen LogP contribution in [0.15, 0.2) is 23.8 Å². The van der Waals surface area contributed by atoms with E-state index < -0.39 is 22.1 Å². The van der Waals surface area contributed by atoms with E-state index in [2.05, 4.69) is 15.3 Å². The first-order chi connectivity index (χ1) is 9.49. The lowest BCUT2D eigenvalue weighted by Gasteiger charge is -2.12. The van der Waals surface area contributed by atoms with Gasteiger partial charge in [0, 0.05) is 17.6 Å². The number of carboxylic acid groups (broad SMARTS) is 1. The third kappa shape index (κ3) is 2.88. The Morgan fingerprint density at radius 3 is 2.85 bits per heavy atom. The molecule has 1 unspecified atom stereocenters. The van der Waals surface area contributed by atoms with Gasteiger partial charge in [0.05, 0.1) is 11.0 Å². The standard InChI is InChI=1S/C11H10N4O4S/c1-6(10-12-2-3-20-10)14-9-4-7(11(16)17)8(5-13-9)15(18)19/h2-6H,1H3,(H,13,14)(H,16,17). The van der Waals surface area contributed by atoms with Crippen LogP contribution < -0.4 is 5.32 Å². The number of carbonyl (C=O) groups is 1. The minimum Gasteiger partial charge on any atom is -0.477 e. The zero-order valence-corrected chi connectivity index (χ0v) is 11.1. The van der Waals surface area contributed by atoms with Crippen molar-refractivity contribution in [3.8, 4) is 0 Å². The van der Waals surface area contributed by atoms with E-state index in [1.165, 1.54) is 11.3 Å². The molecule has 9 heteroatoms. The first kappa shape index (κ1) is 13.9. The second-order valence-corrected chi connectivity index (χ2v) is 4.81. The molecular weight excluding hydrogens is 284 g/mol.